The number of aromatic nitrogens is 2. The number of hydrogen-bond acceptors (Lipinski definition) is 4. The quantitative estimate of drug-likeness (QED) is 0.856. The van der Waals surface area contributed by atoms with E-state index in [1.54, 1.807) is 24.3 Å². The normalized spacial score (nSPS) is 10.3. The monoisotopic (exact) mass is 254 g/mol. The smallest absolute Gasteiger partial charge is 0.260 e. The van der Waals surface area contributed by atoms with Crippen LogP contribution in [0.25, 0.3) is 0 Å². The van der Waals surface area contributed by atoms with E-state index in [4.69, 9.17) is 21.4 Å². The van der Waals surface area contributed by atoms with Gasteiger partial charge in [0.05, 0.1) is 12.8 Å². The predicted molar refractivity (Wildman–Crippen MR) is 59.4 cm³/mol. The summed E-state index contributed by atoms with van der Waals surface area (Å²) in [7, 11) is 0. The van der Waals surface area contributed by atoms with Crippen LogP contribution < -0.4 is 4.74 Å². The van der Waals surface area contributed by atoms with Crippen LogP contribution in [0.4, 0.5) is 4.39 Å². The van der Waals surface area contributed by atoms with Gasteiger partial charge in [0.2, 0.25) is 11.1 Å². The second-order valence-electron chi connectivity index (χ2n) is 3.20. The molecule has 0 saturated heterocycles. The molecule has 4 nitrogen and oxygen atoms in total. The molecule has 0 bridgehead atoms. The van der Waals surface area contributed by atoms with Crippen LogP contribution in [0.5, 0.6) is 11.6 Å². The van der Waals surface area contributed by atoms with Crippen LogP contribution >= 0.6 is 11.6 Å². The van der Waals surface area contributed by atoms with Gasteiger partial charge in [-0.25, -0.2) is 4.98 Å². The third-order valence-corrected chi connectivity index (χ3v) is 2.19. The summed E-state index contributed by atoms with van der Waals surface area (Å²) in [5.74, 6) is -0.529. The molecule has 1 N–H and O–H groups in total. The standard InChI is InChI=1S/C11H8ClFN2O2/c12-11-14-5-9(13)10(15-11)17-8-3-1-7(6-16)2-4-8/h1-5,16H,6H2. The molecule has 2 rings (SSSR count). The van der Waals surface area contributed by atoms with E-state index in [1.807, 2.05) is 0 Å². The minimum absolute atomic E-state index is 0.0615. The molecule has 17 heavy (non-hydrogen) atoms. The molecule has 6 heteroatoms. The Bertz CT molecular complexity index is 519. The highest BCUT2D eigenvalue weighted by atomic mass is 35.5. The van der Waals surface area contributed by atoms with Crippen LogP contribution in [0.15, 0.2) is 30.5 Å². The maximum atomic E-state index is 13.3. The number of aliphatic hydroxyl groups excluding tert-OH is 1. The SMILES string of the molecule is OCc1ccc(Oc2nc(Cl)ncc2F)cc1. The lowest BCUT2D eigenvalue weighted by molar-refractivity contribution is 0.281. The van der Waals surface area contributed by atoms with E-state index in [2.05, 4.69) is 9.97 Å². The molecule has 0 aliphatic heterocycles. The molecule has 0 saturated carbocycles. The molecule has 0 radical (unpaired) electrons. The third kappa shape index (κ3) is 2.89. The van der Waals surface area contributed by atoms with E-state index < -0.39 is 5.82 Å². The first-order chi connectivity index (χ1) is 8.19. The summed E-state index contributed by atoms with van der Waals surface area (Å²) >= 11 is 5.53. The van der Waals surface area contributed by atoms with E-state index >= 15 is 0 Å². The van der Waals surface area contributed by atoms with Crippen molar-refractivity contribution >= 4 is 11.6 Å². The van der Waals surface area contributed by atoms with Crippen LogP contribution in [0.2, 0.25) is 5.28 Å². The first-order valence-electron chi connectivity index (χ1n) is 4.75. The molecule has 0 spiro atoms. The molecular weight excluding hydrogens is 247 g/mol. The second kappa shape index (κ2) is 5.07. The molecule has 0 atom stereocenters. The summed E-state index contributed by atoms with van der Waals surface area (Å²) in [5, 5.41) is 8.77. The summed E-state index contributed by atoms with van der Waals surface area (Å²) < 4.78 is 18.4. The van der Waals surface area contributed by atoms with Gasteiger partial charge in [-0.2, -0.15) is 9.37 Å². The Morgan fingerprint density at radius 3 is 2.65 bits per heavy atom. The highest BCUT2D eigenvalue weighted by Gasteiger charge is 2.08. The zero-order valence-corrected chi connectivity index (χ0v) is 9.36. The fraction of sp³-hybridized carbons (Fsp3) is 0.0909. The average Bonchev–Trinajstić information content (AvgIpc) is 2.35. The van der Waals surface area contributed by atoms with Crippen LogP contribution in [-0.4, -0.2) is 15.1 Å². The second-order valence-corrected chi connectivity index (χ2v) is 3.53. The predicted octanol–water partition coefficient (Wildman–Crippen LogP) is 2.55. The highest BCUT2D eigenvalue weighted by molar-refractivity contribution is 6.28. The van der Waals surface area contributed by atoms with Crippen molar-refractivity contribution in [3.8, 4) is 11.6 Å². The zero-order chi connectivity index (χ0) is 12.3. The summed E-state index contributed by atoms with van der Waals surface area (Å²) in [4.78, 5) is 7.09. The molecule has 0 fully saturated rings. The Balaban J connectivity index is 2.22. The lowest BCUT2D eigenvalue weighted by Crippen LogP contribution is -1.94. The van der Waals surface area contributed by atoms with Gasteiger partial charge in [-0.1, -0.05) is 12.1 Å². The van der Waals surface area contributed by atoms with Gasteiger partial charge in [-0.05, 0) is 29.3 Å². The van der Waals surface area contributed by atoms with Crippen molar-refractivity contribution in [1.29, 1.82) is 0 Å². The Hall–Kier alpha value is -1.72. The van der Waals surface area contributed by atoms with Crippen molar-refractivity contribution in [3.05, 3.63) is 47.1 Å². The van der Waals surface area contributed by atoms with Gasteiger partial charge in [0.25, 0.3) is 5.88 Å². The molecule has 1 aromatic heterocycles. The fourth-order valence-electron chi connectivity index (χ4n) is 1.18. The van der Waals surface area contributed by atoms with Gasteiger partial charge in [0.1, 0.15) is 5.75 Å². The van der Waals surface area contributed by atoms with Crippen LogP contribution in [-0.2, 0) is 6.61 Å². The molecule has 0 aliphatic rings. The van der Waals surface area contributed by atoms with Crippen molar-refractivity contribution in [3.63, 3.8) is 0 Å². The Labute approximate surface area is 102 Å². The Kier molecular flexibility index (Phi) is 3.51. The molecule has 2 aromatic rings. The maximum Gasteiger partial charge on any atom is 0.260 e. The van der Waals surface area contributed by atoms with E-state index in [0.717, 1.165) is 11.8 Å². The van der Waals surface area contributed by atoms with E-state index in [1.165, 1.54) is 0 Å². The lowest BCUT2D eigenvalue weighted by Gasteiger charge is -2.05. The van der Waals surface area contributed by atoms with Crippen LogP contribution in [0, 0.1) is 5.82 Å². The van der Waals surface area contributed by atoms with Gasteiger partial charge in [-0.15, -0.1) is 0 Å². The lowest BCUT2D eigenvalue weighted by atomic mass is 10.2. The summed E-state index contributed by atoms with van der Waals surface area (Å²) in [6.45, 7) is -0.0615. The van der Waals surface area contributed by atoms with Gasteiger partial charge < -0.3 is 9.84 Å². The van der Waals surface area contributed by atoms with E-state index in [-0.39, 0.29) is 17.8 Å². The minimum Gasteiger partial charge on any atom is -0.436 e. The number of benzene rings is 1. The van der Waals surface area contributed by atoms with Crippen molar-refractivity contribution in [2.45, 2.75) is 6.61 Å². The van der Waals surface area contributed by atoms with E-state index in [9.17, 15) is 4.39 Å². The minimum atomic E-state index is -0.694. The van der Waals surface area contributed by atoms with Gasteiger partial charge in [-0.3, -0.25) is 0 Å². The van der Waals surface area contributed by atoms with Gasteiger partial charge in [0, 0.05) is 0 Å². The molecule has 0 aliphatic carbocycles. The maximum absolute atomic E-state index is 13.3. The van der Waals surface area contributed by atoms with Crippen molar-refractivity contribution < 1.29 is 14.2 Å². The van der Waals surface area contributed by atoms with Gasteiger partial charge >= 0.3 is 0 Å². The molecule has 0 amide bonds. The molecule has 1 aromatic carbocycles. The third-order valence-electron chi connectivity index (χ3n) is 2.00. The zero-order valence-electron chi connectivity index (χ0n) is 8.60. The number of aliphatic hydroxyl groups is 1. The average molecular weight is 255 g/mol. The Morgan fingerprint density at radius 1 is 1.29 bits per heavy atom. The van der Waals surface area contributed by atoms with E-state index in [0.29, 0.717) is 5.75 Å². The fourth-order valence-corrected chi connectivity index (χ4v) is 1.30. The Morgan fingerprint density at radius 2 is 2.00 bits per heavy atom. The topological polar surface area (TPSA) is 55.2 Å². The first-order valence-corrected chi connectivity index (χ1v) is 5.12. The molecule has 0 unspecified atom stereocenters. The van der Waals surface area contributed by atoms with Crippen molar-refractivity contribution in [2.75, 3.05) is 0 Å². The number of halogens is 2. The van der Waals surface area contributed by atoms with Crippen molar-refractivity contribution in [1.82, 2.24) is 9.97 Å². The number of ether oxygens (including phenoxy) is 1. The van der Waals surface area contributed by atoms with Crippen molar-refractivity contribution in [2.24, 2.45) is 0 Å². The molecule has 1 heterocycles. The van der Waals surface area contributed by atoms with Gasteiger partial charge in [0.15, 0.2) is 0 Å². The number of rotatable bonds is 3. The molecular formula is C11H8ClFN2O2. The highest BCUT2D eigenvalue weighted by Crippen LogP contribution is 2.23. The summed E-state index contributed by atoms with van der Waals surface area (Å²) in [6.07, 6.45) is 0.937. The van der Waals surface area contributed by atoms with Crippen LogP contribution in [0.1, 0.15) is 5.56 Å². The van der Waals surface area contributed by atoms with Crippen LogP contribution in [0.3, 0.4) is 0 Å². The summed E-state index contributed by atoms with van der Waals surface area (Å²) in [6, 6.07) is 6.52. The largest absolute Gasteiger partial charge is 0.436 e. The number of hydrogen-bond donors (Lipinski definition) is 1. The first kappa shape index (κ1) is 11.8. The summed E-state index contributed by atoms with van der Waals surface area (Å²) in [5.41, 5.74) is 0.735. The molecule has 88 valence electrons. The number of nitrogens with zero attached hydrogens (tertiary/aromatic N) is 2.